The fourth-order valence-corrected chi connectivity index (χ4v) is 5.20. The van der Waals surface area contributed by atoms with Crippen molar-refractivity contribution in [2.24, 2.45) is 7.05 Å². The number of rotatable bonds is 7. The number of benzene rings is 2. The summed E-state index contributed by atoms with van der Waals surface area (Å²) in [6, 6.07) is 7.39. The number of anilines is 1. The van der Waals surface area contributed by atoms with Gasteiger partial charge in [-0.25, -0.2) is 14.4 Å². The predicted octanol–water partition coefficient (Wildman–Crippen LogP) is 2.92. The summed E-state index contributed by atoms with van der Waals surface area (Å²) >= 11 is 0. The summed E-state index contributed by atoms with van der Waals surface area (Å²) in [5.74, 6) is -0.563. The van der Waals surface area contributed by atoms with E-state index in [1.807, 2.05) is 18.7 Å². The zero-order valence-electron chi connectivity index (χ0n) is 22.7. The number of aliphatic hydroxyl groups excluding tert-OH is 1. The molecule has 13 heteroatoms. The summed E-state index contributed by atoms with van der Waals surface area (Å²) < 4.78 is 48.9. The van der Waals surface area contributed by atoms with Crippen LogP contribution < -0.4 is 15.2 Å². The third-order valence-corrected chi connectivity index (χ3v) is 7.32. The molecule has 5 rings (SSSR count). The maximum atomic E-state index is 15.3. The molecule has 216 valence electrons. The van der Waals surface area contributed by atoms with E-state index in [-0.39, 0.29) is 35.2 Å². The Hall–Kier alpha value is -4.39. The molecule has 1 amide bonds. The monoisotopic (exact) mass is 570 g/mol. The molecule has 2 aromatic carbocycles. The highest BCUT2D eigenvalue weighted by molar-refractivity contribution is 5.85. The molecule has 2 aromatic heterocycles. The van der Waals surface area contributed by atoms with Crippen molar-refractivity contribution in [3.63, 3.8) is 0 Å². The Morgan fingerprint density at radius 2 is 1.90 bits per heavy atom. The number of aromatic nitrogens is 4. The minimum Gasteiger partial charge on any atom is -0.434 e. The number of ether oxygens (including phenoxy) is 1. The molecule has 41 heavy (non-hydrogen) atoms. The number of hydrogen-bond acceptors (Lipinski definition) is 7. The lowest BCUT2D eigenvalue weighted by molar-refractivity contribution is -0.134. The van der Waals surface area contributed by atoms with Crippen molar-refractivity contribution in [2.45, 2.75) is 33.0 Å². The average Bonchev–Trinajstić information content (AvgIpc) is 3.17. The standard InChI is InChI=1S/C28H29F3N6O4/c1-16-4-5-24(41-27(30)31)18(8-16)14-37-23-10-20(22(29)9-21(23)26(40)34(37)3)19-11-32-28(33-12-19)36-7-6-35(13-17(36)2)25(39)15-38/h4-5,8-12,17,27,38H,6-7,13-15H2,1-3H3. The maximum Gasteiger partial charge on any atom is 0.387 e. The lowest BCUT2D eigenvalue weighted by atomic mass is 10.1. The third kappa shape index (κ3) is 5.49. The summed E-state index contributed by atoms with van der Waals surface area (Å²) in [5.41, 5.74) is 1.78. The highest BCUT2D eigenvalue weighted by atomic mass is 19.3. The van der Waals surface area contributed by atoms with Crippen LogP contribution in [0.5, 0.6) is 5.75 Å². The summed E-state index contributed by atoms with van der Waals surface area (Å²) in [4.78, 5) is 37.2. The second-order valence-electron chi connectivity index (χ2n) is 10.0. The zero-order chi connectivity index (χ0) is 29.4. The first kappa shape index (κ1) is 28.1. The van der Waals surface area contributed by atoms with E-state index in [1.165, 1.54) is 36.3 Å². The molecule has 1 aliphatic heterocycles. The third-order valence-electron chi connectivity index (χ3n) is 7.32. The van der Waals surface area contributed by atoms with Crippen molar-refractivity contribution >= 4 is 22.8 Å². The molecule has 0 radical (unpaired) electrons. The molecular formula is C28H29F3N6O4. The molecule has 1 fully saturated rings. The Bertz CT molecular complexity index is 1650. The largest absolute Gasteiger partial charge is 0.434 e. The van der Waals surface area contributed by atoms with Crippen LogP contribution >= 0.6 is 0 Å². The zero-order valence-corrected chi connectivity index (χ0v) is 22.7. The lowest BCUT2D eigenvalue weighted by Gasteiger charge is -2.39. The number of fused-ring (bicyclic) bond motifs is 1. The van der Waals surface area contributed by atoms with Crippen molar-refractivity contribution in [3.8, 4) is 16.9 Å². The highest BCUT2D eigenvalue weighted by Gasteiger charge is 2.28. The predicted molar refractivity (Wildman–Crippen MR) is 146 cm³/mol. The van der Waals surface area contributed by atoms with Crippen molar-refractivity contribution in [1.29, 1.82) is 0 Å². The lowest BCUT2D eigenvalue weighted by Crippen LogP contribution is -2.54. The minimum absolute atomic E-state index is 0.0120. The number of nitrogens with zero attached hydrogens (tertiary/aromatic N) is 6. The van der Waals surface area contributed by atoms with Gasteiger partial charge in [0.2, 0.25) is 11.9 Å². The molecule has 10 nitrogen and oxygen atoms in total. The summed E-state index contributed by atoms with van der Waals surface area (Å²) in [7, 11) is 1.52. The average molecular weight is 571 g/mol. The van der Waals surface area contributed by atoms with Gasteiger partial charge in [0.1, 0.15) is 18.2 Å². The quantitative estimate of drug-likeness (QED) is 0.364. The van der Waals surface area contributed by atoms with Gasteiger partial charge in [-0.3, -0.25) is 19.0 Å². The number of alkyl halides is 2. The van der Waals surface area contributed by atoms with Crippen molar-refractivity contribution in [1.82, 2.24) is 24.2 Å². The van der Waals surface area contributed by atoms with Crippen LogP contribution in [0.3, 0.4) is 0 Å². The number of piperazine rings is 1. The molecule has 0 spiro atoms. The van der Waals surface area contributed by atoms with Gasteiger partial charge in [-0.15, -0.1) is 0 Å². The molecule has 1 unspecified atom stereocenters. The number of aliphatic hydroxyl groups is 1. The van der Waals surface area contributed by atoms with E-state index in [0.29, 0.717) is 42.2 Å². The van der Waals surface area contributed by atoms with Gasteiger partial charge >= 0.3 is 6.61 Å². The van der Waals surface area contributed by atoms with Crippen LogP contribution in [0.4, 0.5) is 19.1 Å². The van der Waals surface area contributed by atoms with Crippen LogP contribution in [-0.4, -0.2) is 74.1 Å². The van der Waals surface area contributed by atoms with Gasteiger partial charge in [0.25, 0.3) is 5.56 Å². The van der Waals surface area contributed by atoms with Crippen LogP contribution in [0.2, 0.25) is 0 Å². The molecule has 1 N–H and O–H groups in total. The van der Waals surface area contributed by atoms with Crippen molar-refractivity contribution in [3.05, 3.63) is 70.0 Å². The molecule has 3 heterocycles. The Morgan fingerprint density at radius 1 is 1.17 bits per heavy atom. The summed E-state index contributed by atoms with van der Waals surface area (Å²) in [6.45, 7) is 1.50. The smallest absolute Gasteiger partial charge is 0.387 e. The van der Waals surface area contributed by atoms with Crippen LogP contribution in [0.1, 0.15) is 18.1 Å². The van der Waals surface area contributed by atoms with Gasteiger partial charge in [0.05, 0.1) is 17.4 Å². The van der Waals surface area contributed by atoms with Gasteiger partial charge in [0, 0.05) is 61.8 Å². The Morgan fingerprint density at radius 3 is 2.56 bits per heavy atom. The number of amides is 1. The van der Waals surface area contributed by atoms with E-state index in [1.54, 1.807) is 21.7 Å². The second-order valence-corrected chi connectivity index (χ2v) is 10.0. The van der Waals surface area contributed by atoms with Crippen LogP contribution in [0.25, 0.3) is 22.0 Å². The number of carbonyl (C=O) groups excluding carboxylic acids is 1. The first-order valence-electron chi connectivity index (χ1n) is 13.0. The van der Waals surface area contributed by atoms with Crippen LogP contribution in [-0.2, 0) is 18.4 Å². The normalized spacial score (nSPS) is 15.7. The van der Waals surface area contributed by atoms with Crippen molar-refractivity contribution in [2.75, 3.05) is 31.1 Å². The number of carbonyl (C=O) groups is 1. The highest BCUT2D eigenvalue weighted by Crippen LogP contribution is 2.29. The first-order valence-corrected chi connectivity index (χ1v) is 13.0. The van der Waals surface area contributed by atoms with E-state index in [4.69, 9.17) is 9.84 Å². The number of halogens is 3. The fraction of sp³-hybridized carbons (Fsp3) is 0.357. The van der Waals surface area contributed by atoms with Gasteiger partial charge in [0.15, 0.2) is 0 Å². The molecular weight excluding hydrogens is 541 g/mol. The molecule has 1 aliphatic rings. The van der Waals surface area contributed by atoms with Gasteiger partial charge in [-0.1, -0.05) is 17.7 Å². The number of hydrogen-bond donors (Lipinski definition) is 1. The van der Waals surface area contributed by atoms with E-state index >= 15 is 4.39 Å². The summed E-state index contributed by atoms with van der Waals surface area (Å²) in [5, 5.41) is 9.27. The Kier molecular flexibility index (Phi) is 7.72. The summed E-state index contributed by atoms with van der Waals surface area (Å²) in [6.07, 6.45) is 2.98. The molecule has 4 aromatic rings. The van der Waals surface area contributed by atoms with E-state index < -0.39 is 24.6 Å². The van der Waals surface area contributed by atoms with E-state index in [9.17, 15) is 18.4 Å². The SMILES string of the molecule is Cc1ccc(OC(F)F)c(Cn2c3cc(-c4cnc(N5CCN(C(=O)CO)CC5C)nc4)c(F)cc3c(=O)n2C)c1. The van der Waals surface area contributed by atoms with E-state index in [0.717, 1.165) is 11.6 Å². The molecule has 0 bridgehead atoms. The van der Waals surface area contributed by atoms with E-state index in [2.05, 4.69) is 9.97 Å². The number of aryl methyl sites for hydroxylation is 1. The second kappa shape index (κ2) is 11.2. The van der Waals surface area contributed by atoms with Crippen LogP contribution in [0, 0.1) is 12.7 Å². The molecule has 0 saturated carbocycles. The molecule has 1 saturated heterocycles. The van der Waals surface area contributed by atoms with Crippen molar-refractivity contribution < 1.29 is 27.8 Å². The minimum atomic E-state index is -3.01. The van der Waals surface area contributed by atoms with Gasteiger partial charge in [-0.2, -0.15) is 8.78 Å². The fourth-order valence-electron chi connectivity index (χ4n) is 5.20. The van der Waals surface area contributed by atoms with Gasteiger partial charge in [-0.05, 0) is 32.0 Å². The molecule has 1 atom stereocenters. The van der Waals surface area contributed by atoms with Crippen LogP contribution in [0.15, 0.2) is 47.5 Å². The Labute approximate surface area is 233 Å². The topological polar surface area (TPSA) is 106 Å². The Balaban J connectivity index is 1.48. The molecule has 0 aliphatic carbocycles. The maximum absolute atomic E-state index is 15.3. The van der Waals surface area contributed by atoms with Gasteiger partial charge < -0.3 is 19.6 Å². The first-order chi connectivity index (χ1) is 19.6.